The van der Waals surface area contributed by atoms with E-state index in [0.29, 0.717) is 5.92 Å². The van der Waals surface area contributed by atoms with Gasteiger partial charge in [-0.25, -0.2) is 4.98 Å². The quantitative estimate of drug-likeness (QED) is 0.892. The van der Waals surface area contributed by atoms with E-state index >= 15 is 0 Å². The molecule has 1 aromatic rings. The van der Waals surface area contributed by atoms with Crippen LogP contribution in [0.4, 0.5) is 0 Å². The Hall–Kier alpha value is -0.450. The molecule has 0 radical (unpaired) electrons. The van der Waals surface area contributed by atoms with Crippen LogP contribution in [0.25, 0.3) is 0 Å². The second kappa shape index (κ2) is 6.13. The molecule has 18 heavy (non-hydrogen) atoms. The van der Waals surface area contributed by atoms with E-state index in [0.717, 1.165) is 13.0 Å². The average molecular weight is 267 g/mol. The van der Waals surface area contributed by atoms with Gasteiger partial charge in [0.05, 0.1) is 10.7 Å². The van der Waals surface area contributed by atoms with E-state index in [9.17, 15) is 0 Å². The Kier molecular flexibility index (Phi) is 4.76. The van der Waals surface area contributed by atoms with Gasteiger partial charge in [-0.1, -0.05) is 13.8 Å². The van der Waals surface area contributed by atoms with Gasteiger partial charge in [-0.05, 0) is 38.8 Å². The van der Waals surface area contributed by atoms with Crippen molar-refractivity contribution in [1.29, 1.82) is 0 Å². The van der Waals surface area contributed by atoms with Gasteiger partial charge in [0.15, 0.2) is 0 Å². The van der Waals surface area contributed by atoms with Crippen molar-refractivity contribution in [2.45, 2.75) is 52.0 Å². The maximum atomic E-state index is 6.04. The zero-order chi connectivity index (χ0) is 13.1. The van der Waals surface area contributed by atoms with E-state index in [1.54, 1.807) is 0 Å². The molecule has 0 amide bonds. The van der Waals surface area contributed by atoms with E-state index in [4.69, 9.17) is 10.7 Å². The summed E-state index contributed by atoms with van der Waals surface area (Å²) in [7, 11) is 0. The first kappa shape index (κ1) is 14.0. The number of hydrogen-bond donors (Lipinski definition) is 1. The predicted octanol–water partition coefficient (Wildman–Crippen LogP) is 2.92. The zero-order valence-electron chi connectivity index (χ0n) is 11.8. The molecule has 1 aliphatic rings. The number of likely N-dealkylation sites (tertiary alicyclic amines) is 1. The van der Waals surface area contributed by atoms with E-state index < -0.39 is 0 Å². The third-order valence-corrected chi connectivity index (χ3v) is 4.86. The van der Waals surface area contributed by atoms with Crippen LogP contribution in [0.2, 0.25) is 0 Å². The molecule has 1 fully saturated rings. The molecule has 0 aromatic carbocycles. The molecule has 1 saturated heterocycles. The van der Waals surface area contributed by atoms with Gasteiger partial charge >= 0.3 is 0 Å². The zero-order valence-corrected chi connectivity index (χ0v) is 12.6. The molecular weight excluding hydrogens is 242 g/mol. The fourth-order valence-electron chi connectivity index (χ4n) is 2.50. The first-order chi connectivity index (χ1) is 8.58. The minimum atomic E-state index is 0.112. The Morgan fingerprint density at radius 3 is 2.44 bits per heavy atom. The highest BCUT2D eigenvalue weighted by molar-refractivity contribution is 7.11. The molecule has 102 valence electrons. The summed E-state index contributed by atoms with van der Waals surface area (Å²) >= 11 is 1.82. The molecule has 3 nitrogen and oxygen atoms in total. The first-order valence-corrected chi connectivity index (χ1v) is 7.87. The van der Waals surface area contributed by atoms with Gasteiger partial charge in [-0.3, -0.25) is 0 Å². The van der Waals surface area contributed by atoms with Crippen LogP contribution in [0.15, 0.2) is 0 Å². The van der Waals surface area contributed by atoms with Gasteiger partial charge in [0.25, 0.3) is 0 Å². The summed E-state index contributed by atoms with van der Waals surface area (Å²) in [5.74, 6) is 0.475. The minimum absolute atomic E-state index is 0.112. The maximum Gasteiger partial charge on any atom is 0.0944 e. The van der Waals surface area contributed by atoms with Crippen LogP contribution in [0.1, 0.15) is 61.2 Å². The van der Waals surface area contributed by atoms with Crippen molar-refractivity contribution in [3.8, 4) is 0 Å². The number of nitrogens with two attached hydrogens (primary N) is 1. The largest absolute Gasteiger partial charge is 0.323 e. The molecule has 0 saturated carbocycles. The summed E-state index contributed by atoms with van der Waals surface area (Å²) in [6, 6.07) is 0.112. The third-order valence-electron chi connectivity index (χ3n) is 3.53. The number of rotatable bonds is 5. The summed E-state index contributed by atoms with van der Waals surface area (Å²) in [6.07, 6.45) is 3.80. The number of hydrogen-bond acceptors (Lipinski definition) is 4. The van der Waals surface area contributed by atoms with Crippen LogP contribution in [-0.4, -0.2) is 29.5 Å². The minimum Gasteiger partial charge on any atom is -0.323 e. The van der Waals surface area contributed by atoms with Crippen molar-refractivity contribution < 1.29 is 0 Å². The van der Waals surface area contributed by atoms with Crippen molar-refractivity contribution in [2.75, 3.05) is 19.6 Å². The fraction of sp³-hybridized carbons (Fsp3) is 0.786. The Morgan fingerprint density at radius 2 is 1.94 bits per heavy atom. The highest BCUT2D eigenvalue weighted by atomic mass is 32.1. The molecular formula is C14H25N3S. The lowest BCUT2D eigenvalue weighted by molar-refractivity contribution is 0.343. The number of aromatic nitrogens is 1. The van der Waals surface area contributed by atoms with Crippen LogP contribution in [0.5, 0.6) is 0 Å². The Labute approximate surface area is 114 Å². The fourth-order valence-corrected chi connectivity index (χ4v) is 3.66. The van der Waals surface area contributed by atoms with Crippen LogP contribution >= 0.6 is 11.3 Å². The topological polar surface area (TPSA) is 42.2 Å². The van der Waals surface area contributed by atoms with Gasteiger partial charge in [0.2, 0.25) is 0 Å². The first-order valence-electron chi connectivity index (χ1n) is 7.05. The highest BCUT2D eigenvalue weighted by Crippen LogP contribution is 2.29. The molecule has 0 bridgehead atoms. The standard InChI is InChI=1S/C14H25N3S/c1-10(2)13-14(11(3)15)18-12(16-13)6-9-17-7-4-5-8-17/h10-11H,4-9,15H2,1-3H3. The molecule has 1 aromatic heterocycles. The Bertz CT molecular complexity index is 353. The molecule has 1 atom stereocenters. The van der Waals surface area contributed by atoms with E-state index in [2.05, 4.69) is 25.7 Å². The van der Waals surface area contributed by atoms with E-state index in [1.165, 1.54) is 41.5 Å². The molecule has 1 aliphatic heterocycles. The molecule has 0 aliphatic carbocycles. The molecule has 4 heteroatoms. The smallest absolute Gasteiger partial charge is 0.0944 e. The number of thiazole rings is 1. The summed E-state index contributed by atoms with van der Waals surface area (Å²) in [5, 5.41) is 1.26. The summed E-state index contributed by atoms with van der Waals surface area (Å²) in [5.41, 5.74) is 7.26. The van der Waals surface area contributed by atoms with Gasteiger partial charge in [-0.2, -0.15) is 0 Å². The van der Waals surface area contributed by atoms with Gasteiger partial charge < -0.3 is 10.6 Å². The van der Waals surface area contributed by atoms with Crippen molar-refractivity contribution in [3.63, 3.8) is 0 Å². The van der Waals surface area contributed by atoms with E-state index in [-0.39, 0.29) is 6.04 Å². The van der Waals surface area contributed by atoms with Crippen LogP contribution < -0.4 is 5.73 Å². The summed E-state index contributed by atoms with van der Waals surface area (Å²) < 4.78 is 0. The lowest BCUT2D eigenvalue weighted by Gasteiger charge is -2.12. The van der Waals surface area contributed by atoms with Crippen LogP contribution in [0, 0.1) is 0 Å². The van der Waals surface area contributed by atoms with Gasteiger partial charge in [0.1, 0.15) is 0 Å². The second-order valence-electron chi connectivity index (χ2n) is 5.60. The molecule has 2 heterocycles. The molecule has 0 spiro atoms. The molecule has 2 rings (SSSR count). The second-order valence-corrected chi connectivity index (χ2v) is 6.71. The molecule has 2 N–H and O–H groups in total. The maximum absolute atomic E-state index is 6.04. The SMILES string of the molecule is CC(C)c1nc(CCN2CCCC2)sc1C(C)N. The summed E-state index contributed by atoms with van der Waals surface area (Å²) in [6.45, 7) is 10.1. The van der Waals surface area contributed by atoms with Crippen molar-refractivity contribution in [1.82, 2.24) is 9.88 Å². The third kappa shape index (κ3) is 3.31. The monoisotopic (exact) mass is 267 g/mol. The predicted molar refractivity (Wildman–Crippen MR) is 78.2 cm³/mol. The lowest BCUT2D eigenvalue weighted by atomic mass is 10.1. The van der Waals surface area contributed by atoms with Crippen LogP contribution in [0.3, 0.4) is 0 Å². The average Bonchev–Trinajstić information content (AvgIpc) is 2.95. The molecule has 1 unspecified atom stereocenters. The van der Waals surface area contributed by atoms with Crippen LogP contribution in [-0.2, 0) is 6.42 Å². The van der Waals surface area contributed by atoms with Gasteiger partial charge in [0, 0.05) is 23.9 Å². The van der Waals surface area contributed by atoms with Crippen molar-refractivity contribution >= 4 is 11.3 Å². The Balaban J connectivity index is 2.01. The van der Waals surface area contributed by atoms with Gasteiger partial charge in [-0.15, -0.1) is 11.3 Å². The van der Waals surface area contributed by atoms with Crippen molar-refractivity contribution in [3.05, 3.63) is 15.6 Å². The normalized spacial score (nSPS) is 18.7. The van der Waals surface area contributed by atoms with Crippen molar-refractivity contribution in [2.24, 2.45) is 5.73 Å². The lowest BCUT2D eigenvalue weighted by Crippen LogP contribution is -2.21. The number of nitrogens with zero attached hydrogens (tertiary/aromatic N) is 2. The van der Waals surface area contributed by atoms with E-state index in [1.807, 2.05) is 11.3 Å². The summed E-state index contributed by atoms with van der Waals surface area (Å²) in [4.78, 5) is 8.63. The highest BCUT2D eigenvalue weighted by Gasteiger charge is 2.18. The Morgan fingerprint density at radius 1 is 1.28 bits per heavy atom.